The molecule has 5 heteroatoms. The zero-order valence-corrected chi connectivity index (χ0v) is 9.09. The number of fused-ring (bicyclic) bond motifs is 1. The molecule has 12 heavy (non-hydrogen) atoms. The molecule has 0 saturated heterocycles. The number of halogens is 1. The number of hydrogen-bond donors (Lipinski definition) is 2. The average molecular weight is 250 g/mol. The summed E-state index contributed by atoms with van der Waals surface area (Å²) in [4.78, 5) is 4.35. The Labute approximate surface area is 86.6 Å². The number of rotatable bonds is 0. The molecular weight excluding hydrogens is 238 g/mol. The van der Waals surface area contributed by atoms with Gasteiger partial charge in [-0.25, -0.2) is 0 Å². The van der Waals surface area contributed by atoms with Crippen molar-refractivity contribution in [2.24, 2.45) is 10.7 Å². The molecule has 2 aliphatic rings. The molecule has 0 saturated carbocycles. The van der Waals surface area contributed by atoms with Crippen LogP contribution in [0.5, 0.6) is 0 Å². The lowest BCUT2D eigenvalue weighted by atomic mass is 10.1. The lowest BCUT2D eigenvalue weighted by Gasteiger charge is -2.13. The average Bonchev–Trinajstić information content (AvgIpc) is 2.40. The van der Waals surface area contributed by atoms with Crippen LogP contribution in [0.2, 0.25) is 0 Å². The van der Waals surface area contributed by atoms with E-state index in [0.29, 0.717) is 11.3 Å². The number of nitrogens with zero attached hydrogens (tertiary/aromatic N) is 1. The van der Waals surface area contributed by atoms with Crippen LogP contribution in [0, 0.1) is 0 Å². The van der Waals surface area contributed by atoms with E-state index in [-0.39, 0.29) is 17.0 Å². The van der Waals surface area contributed by atoms with Crippen molar-refractivity contribution in [3.63, 3.8) is 0 Å². The van der Waals surface area contributed by atoms with Gasteiger partial charge in [0, 0.05) is 18.4 Å². The van der Waals surface area contributed by atoms with Gasteiger partial charge in [0.05, 0.1) is 16.8 Å². The molecule has 2 atom stereocenters. The summed E-state index contributed by atoms with van der Waals surface area (Å²) in [5.74, 6) is 0. The van der Waals surface area contributed by atoms with Gasteiger partial charge in [0.2, 0.25) is 0 Å². The van der Waals surface area contributed by atoms with E-state index in [1.807, 2.05) is 11.7 Å². The Hall–Kier alpha value is -0.160. The van der Waals surface area contributed by atoms with Crippen molar-refractivity contribution in [2.75, 3.05) is 6.54 Å². The zero-order valence-electron chi connectivity index (χ0n) is 6.56. The molecule has 2 aliphatic heterocycles. The van der Waals surface area contributed by atoms with Crippen LogP contribution >= 0.6 is 28.7 Å². The Kier molecular flexibility index (Phi) is 3.46. The summed E-state index contributed by atoms with van der Waals surface area (Å²) >= 11 is 1.72. The molecule has 2 unspecified atom stereocenters. The number of nitrogens with one attached hydrogen (secondary N) is 1. The minimum absolute atomic E-state index is 0. The van der Waals surface area contributed by atoms with Crippen molar-refractivity contribution in [1.82, 2.24) is 5.32 Å². The summed E-state index contributed by atoms with van der Waals surface area (Å²) in [5, 5.41) is 3.54. The highest BCUT2D eigenvalue weighted by molar-refractivity contribution is 8.93. The Balaban J connectivity index is 0.000000720. The maximum Gasteiger partial charge on any atom is 0.0737 e. The van der Waals surface area contributed by atoms with Crippen molar-refractivity contribution < 1.29 is 0 Å². The fourth-order valence-electron chi connectivity index (χ4n) is 1.38. The third-order valence-corrected chi connectivity index (χ3v) is 3.11. The Morgan fingerprint density at radius 1 is 1.67 bits per heavy atom. The summed E-state index contributed by atoms with van der Waals surface area (Å²) in [5.41, 5.74) is 8.66. The molecule has 2 rings (SSSR count). The molecule has 0 bridgehead atoms. The van der Waals surface area contributed by atoms with Crippen LogP contribution in [-0.4, -0.2) is 23.4 Å². The molecule has 0 aromatic heterocycles. The predicted molar refractivity (Wildman–Crippen MR) is 58.9 cm³/mol. The Bertz CT molecular complexity index is 217. The summed E-state index contributed by atoms with van der Waals surface area (Å²) in [6.07, 6.45) is 3.00. The first-order chi connectivity index (χ1) is 5.38. The second-order valence-corrected chi connectivity index (χ2v) is 3.76. The molecule has 3 N–H and O–H groups in total. The topological polar surface area (TPSA) is 50.4 Å². The van der Waals surface area contributed by atoms with Gasteiger partial charge in [-0.05, 0) is 6.42 Å². The predicted octanol–water partition coefficient (Wildman–Crippen LogP) is 0.870. The van der Waals surface area contributed by atoms with E-state index in [2.05, 4.69) is 10.3 Å². The quantitative estimate of drug-likeness (QED) is 0.670. The Morgan fingerprint density at radius 3 is 3.33 bits per heavy atom. The Morgan fingerprint density at radius 2 is 2.50 bits per heavy atom. The number of hydrogen-bond acceptors (Lipinski definition) is 4. The van der Waals surface area contributed by atoms with Gasteiger partial charge in [0.1, 0.15) is 0 Å². The van der Waals surface area contributed by atoms with Crippen LogP contribution < -0.4 is 11.1 Å². The van der Waals surface area contributed by atoms with Crippen LogP contribution in [0.1, 0.15) is 6.42 Å². The molecule has 0 amide bonds. The highest BCUT2D eigenvalue weighted by Crippen LogP contribution is 2.28. The maximum absolute atomic E-state index is 5.82. The van der Waals surface area contributed by atoms with Gasteiger partial charge >= 0.3 is 0 Å². The van der Waals surface area contributed by atoms with Gasteiger partial charge in [0.25, 0.3) is 0 Å². The fraction of sp³-hybridized carbons (Fsp3) is 0.571. The SMILES string of the molecule is Br.NC1=CNCCC2N=CSC12. The minimum Gasteiger partial charge on any atom is -0.400 e. The lowest BCUT2D eigenvalue weighted by molar-refractivity contribution is 0.634. The van der Waals surface area contributed by atoms with Gasteiger partial charge in [-0.2, -0.15) is 0 Å². The van der Waals surface area contributed by atoms with E-state index in [1.54, 1.807) is 11.8 Å². The zero-order chi connectivity index (χ0) is 7.68. The molecule has 0 aromatic rings. The van der Waals surface area contributed by atoms with Crippen LogP contribution in [-0.2, 0) is 0 Å². The number of nitrogens with two attached hydrogens (primary N) is 1. The first-order valence-corrected chi connectivity index (χ1v) is 4.68. The van der Waals surface area contributed by atoms with Crippen molar-refractivity contribution in [1.29, 1.82) is 0 Å². The maximum atomic E-state index is 5.82. The molecule has 0 aromatic carbocycles. The second kappa shape index (κ2) is 4.18. The van der Waals surface area contributed by atoms with E-state index >= 15 is 0 Å². The van der Waals surface area contributed by atoms with E-state index in [0.717, 1.165) is 18.7 Å². The highest BCUT2D eigenvalue weighted by atomic mass is 79.9. The molecule has 0 spiro atoms. The first-order valence-electron chi connectivity index (χ1n) is 3.74. The second-order valence-electron chi connectivity index (χ2n) is 2.77. The standard InChI is InChI=1S/C7H11N3S.BrH/c8-5-3-9-2-1-6-7(5)11-4-10-6;/h3-4,6-7,9H,1-2,8H2;1H. The van der Waals surface area contributed by atoms with Crippen LogP contribution in [0.4, 0.5) is 0 Å². The highest BCUT2D eigenvalue weighted by Gasteiger charge is 2.28. The first kappa shape index (κ1) is 9.92. The normalized spacial score (nSPS) is 32.5. The van der Waals surface area contributed by atoms with Crippen molar-refractivity contribution in [3.05, 3.63) is 11.9 Å². The molecule has 68 valence electrons. The van der Waals surface area contributed by atoms with E-state index in [4.69, 9.17) is 5.73 Å². The summed E-state index contributed by atoms with van der Waals surface area (Å²) in [7, 11) is 0. The summed E-state index contributed by atoms with van der Waals surface area (Å²) in [6.45, 7) is 0.986. The lowest BCUT2D eigenvalue weighted by Crippen LogP contribution is -2.23. The van der Waals surface area contributed by atoms with Crippen molar-refractivity contribution in [2.45, 2.75) is 17.7 Å². The molecule has 0 fully saturated rings. The van der Waals surface area contributed by atoms with E-state index in [1.165, 1.54) is 0 Å². The molecule has 2 heterocycles. The van der Waals surface area contributed by atoms with Crippen molar-refractivity contribution in [3.8, 4) is 0 Å². The minimum atomic E-state index is 0. The van der Waals surface area contributed by atoms with E-state index < -0.39 is 0 Å². The summed E-state index contributed by atoms with van der Waals surface area (Å²) in [6, 6.07) is 0.409. The van der Waals surface area contributed by atoms with Gasteiger partial charge < -0.3 is 11.1 Å². The van der Waals surface area contributed by atoms with Gasteiger partial charge in [-0.1, -0.05) is 0 Å². The van der Waals surface area contributed by atoms with Gasteiger partial charge in [-0.15, -0.1) is 28.7 Å². The monoisotopic (exact) mass is 249 g/mol. The van der Waals surface area contributed by atoms with Crippen LogP contribution in [0.3, 0.4) is 0 Å². The van der Waals surface area contributed by atoms with Gasteiger partial charge in [-0.3, -0.25) is 4.99 Å². The van der Waals surface area contributed by atoms with Crippen LogP contribution in [0.25, 0.3) is 0 Å². The molecule has 0 aliphatic carbocycles. The fourth-order valence-corrected chi connectivity index (χ4v) is 2.35. The third-order valence-electron chi connectivity index (χ3n) is 1.99. The van der Waals surface area contributed by atoms with Crippen LogP contribution in [0.15, 0.2) is 16.9 Å². The summed E-state index contributed by atoms with van der Waals surface area (Å²) < 4.78 is 0. The van der Waals surface area contributed by atoms with Gasteiger partial charge in [0.15, 0.2) is 0 Å². The largest absolute Gasteiger partial charge is 0.400 e. The van der Waals surface area contributed by atoms with Crippen molar-refractivity contribution >= 4 is 34.3 Å². The molecular formula is C7H12BrN3S. The van der Waals surface area contributed by atoms with E-state index in [9.17, 15) is 0 Å². The number of thioether (sulfide) groups is 1. The smallest absolute Gasteiger partial charge is 0.0737 e. The molecule has 3 nitrogen and oxygen atoms in total. The third kappa shape index (κ3) is 1.77. The molecule has 0 radical (unpaired) electrons. The number of aliphatic imine (C=N–C) groups is 1.